The largest absolute Gasteiger partial charge is 0.462 e. The van der Waals surface area contributed by atoms with Crippen LogP contribution in [-0.4, -0.2) is 35.3 Å². The second kappa shape index (κ2) is 6.56. The number of ether oxygens (including phenoxy) is 1. The van der Waals surface area contributed by atoms with Gasteiger partial charge in [-0.1, -0.05) is 25.2 Å². The van der Waals surface area contributed by atoms with Gasteiger partial charge in [0.15, 0.2) is 5.13 Å². The minimum absolute atomic E-state index is 0.0337. The number of hydrogen-bond donors (Lipinski definition) is 2. The number of carbonyl (C=O) groups excluding carboxylic acids is 1. The predicted octanol–water partition coefficient (Wildman–Crippen LogP) is 1.75. The lowest BCUT2D eigenvalue weighted by atomic mass is 10.1. The maximum absolute atomic E-state index is 11.4. The Labute approximate surface area is 105 Å². The van der Waals surface area contributed by atoms with Gasteiger partial charge >= 0.3 is 5.97 Å². The fraction of sp³-hybridized carbons (Fsp3) is 0.636. The number of anilines is 1. The molecule has 0 saturated carbocycles. The molecule has 1 rings (SSSR count). The minimum Gasteiger partial charge on any atom is -0.462 e. The van der Waals surface area contributed by atoms with Crippen LogP contribution in [0.4, 0.5) is 5.13 Å². The van der Waals surface area contributed by atoms with Crippen molar-refractivity contribution in [1.82, 2.24) is 4.98 Å². The van der Waals surface area contributed by atoms with E-state index in [9.17, 15) is 9.90 Å². The Morgan fingerprint density at radius 2 is 2.35 bits per heavy atom. The lowest BCUT2D eigenvalue weighted by Gasteiger charge is -2.18. The topological polar surface area (TPSA) is 71.5 Å². The number of aliphatic hydroxyl groups is 1. The normalized spacial score (nSPS) is 12.5. The third kappa shape index (κ3) is 3.98. The Kier molecular flexibility index (Phi) is 5.37. The molecule has 1 atom stereocenters. The highest BCUT2D eigenvalue weighted by molar-refractivity contribution is 7.17. The molecule has 1 aromatic rings. The summed E-state index contributed by atoms with van der Waals surface area (Å²) < 4.78 is 4.87. The van der Waals surface area contributed by atoms with E-state index in [4.69, 9.17) is 4.74 Å². The van der Waals surface area contributed by atoms with E-state index in [0.717, 1.165) is 0 Å². The molecule has 0 aliphatic carbocycles. The Balaban J connectivity index is 2.64. The van der Waals surface area contributed by atoms with Crippen LogP contribution in [0.3, 0.4) is 0 Å². The van der Waals surface area contributed by atoms with Crippen molar-refractivity contribution < 1.29 is 14.6 Å². The van der Waals surface area contributed by atoms with E-state index in [1.54, 1.807) is 6.92 Å². The van der Waals surface area contributed by atoms with Crippen LogP contribution in [0, 0.1) is 5.92 Å². The molecular formula is C11H18N2O3S. The van der Waals surface area contributed by atoms with Gasteiger partial charge in [-0.3, -0.25) is 0 Å². The van der Waals surface area contributed by atoms with Crippen molar-refractivity contribution >= 4 is 22.4 Å². The fourth-order valence-electron chi connectivity index (χ4n) is 1.22. The Bertz CT molecular complexity index is 365. The van der Waals surface area contributed by atoms with E-state index in [-0.39, 0.29) is 24.5 Å². The lowest BCUT2D eigenvalue weighted by Crippen LogP contribution is -2.29. The molecule has 17 heavy (non-hydrogen) atoms. The van der Waals surface area contributed by atoms with Crippen LogP contribution in [0.15, 0.2) is 6.20 Å². The van der Waals surface area contributed by atoms with Gasteiger partial charge in [0.05, 0.1) is 25.5 Å². The van der Waals surface area contributed by atoms with Gasteiger partial charge in [-0.25, -0.2) is 9.78 Å². The number of nitrogens with one attached hydrogen (secondary N) is 1. The van der Waals surface area contributed by atoms with E-state index in [1.165, 1.54) is 17.5 Å². The number of aromatic nitrogens is 1. The summed E-state index contributed by atoms with van der Waals surface area (Å²) in [4.78, 5) is 16.0. The molecule has 0 aliphatic rings. The molecule has 0 aliphatic heterocycles. The number of nitrogens with zero attached hydrogens (tertiary/aromatic N) is 1. The van der Waals surface area contributed by atoms with Gasteiger partial charge in [0.25, 0.3) is 0 Å². The Morgan fingerprint density at radius 1 is 1.65 bits per heavy atom. The first-order valence-corrected chi connectivity index (χ1v) is 6.40. The SMILES string of the molecule is CCOC(=O)c1cnc(NC(CO)C(C)C)s1. The number of aliphatic hydroxyl groups excluding tert-OH is 1. The zero-order valence-electron chi connectivity index (χ0n) is 10.3. The van der Waals surface area contributed by atoms with Gasteiger partial charge < -0.3 is 15.2 Å². The number of rotatable bonds is 6. The second-order valence-electron chi connectivity index (χ2n) is 3.93. The Morgan fingerprint density at radius 3 is 2.88 bits per heavy atom. The van der Waals surface area contributed by atoms with Crippen LogP contribution in [0.5, 0.6) is 0 Å². The van der Waals surface area contributed by atoms with Crippen molar-refractivity contribution in [2.75, 3.05) is 18.5 Å². The average molecular weight is 258 g/mol. The summed E-state index contributed by atoms with van der Waals surface area (Å²) in [7, 11) is 0. The van der Waals surface area contributed by atoms with E-state index < -0.39 is 0 Å². The molecule has 0 spiro atoms. The molecule has 0 bridgehead atoms. The molecule has 0 fully saturated rings. The van der Waals surface area contributed by atoms with Gasteiger partial charge in [0.1, 0.15) is 4.88 Å². The molecule has 0 aromatic carbocycles. The summed E-state index contributed by atoms with van der Waals surface area (Å²) in [6, 6.07) is -0.0591. The smallest absolute Gasteiger partial charge is 0.350 e. The van der Waals surface area contributed by atoms with E-state index in [2.05, 4.69) is 10.3 Å². The number of carbonyl (C=O) groups is 1. The highest BCUT2D eigenvalue weighted by atomic mass is 32.1. The van der Waals surface area contributed by atoms with Crippen molar-refractivity contribution in [3.05, 3.63) is 11.1 Å². The van der Waals surface area contributed by atoms with E-state index in [0.29, 0.717) is 16.6 Å². The summed E-state index contributed by atoms with van der Waals surface area (Å²) in [5, 5.41) is 12.9. The van der Waals surface area contributed by atoms with Crippen LogP contribution in [-0.2, 0) is 4.74 Å². The van der Waals surface area contributed by atoms with Crippen LogP contribution in [0.25, 0.3) is 0 Å². The third-order valence-corrected chi connectivity index (χ3v) is 3.20. The monoisotopic (exact) mass is 258 g/mol. The quantitative estimate of drug-likeness (QED) is 0.761. The number of esters is 1. The summed E-state index contributed by atoms with van der Waals surface area (Å²) in [5.74, 6) is -0.0712. The molecule has 0 radical (unpaired) electrons. The molecule has 1 heterocycles. The molecule has 6 heteroatoms. The second-order valence-corrected chi connectivity index (χ2v) is 4.96. The standard InChI is InChI=1S/C11H18N2O3S/c1-4-16-10(15)9-5-12-11(17-9)13-8(6-14)7(2)3/h5,7-8,14H,4,6H2,1-3H3,(H,12,13). The van der Waals surface area contributed by atoms with Gasteiger partial charge in [0, 0.05) is 0 Å². The molecular weight excluding hydrogens is 240 g/mol. The van der Waals surface area contributed by atoms with Crippen molar-refractivity contribution in [3.8, 4) is 0 Å². The van der Waals surface area contributed by atoms with Gasteiger partial charge in [0.2, 0.25) is 0 Å². The van der Waals surface area contributed by atoms with Crippen LogP contribution in [0.1, 0.15) is 30.4 Å². The molecule has 5 nitrogen and oxygen atoms in total. The highest BCUT2D eigenvalue weighted by Crippen LogP contribution is 2.21. The highest BCUT2D eigenvalue weighted by Gasteiger charge is 2.16. The first-order chi connectivity index (χ1) is 8.08. The van der Waals surface area contributed by atoms with E-state index in [1.807, 2.05) is 13.8 Å². The van der Waals surface area contributed by atoms with E-state index >= 15 is 0 Å². The number of hydrogen-bond acceptors (Lipinski definition) is 6. The third-order valence-electron chi connectivity index (χ3n) is 2.29. The molecule has 1 aromatic heterocycles. The first-order valence-electron chi connectivity index (χ1n) is 5.58. The summed E-state index contributed by atoms with van der Waals surface area (Å²) in [6.45, 7) is 6.16. The molecule has 2 N–H and O–H groups in total. The van der Waals surface area contributed by atoms with Crippen LogP contribution < -0.4 is 5.32 Å². The van der Waals surface area contributed by atoms with Crippen molar-refractivity contribution in [1.29, 1.82) is 0 Å². The summed E-state index contributed by atoms with van der Waals surface area (Å²) in [6.07, 6.45) is 1.49. The zero-order chi connectivity index (χ0) is 12.8. The van der Waals surface area contributed by atoms with Crippen molar-refractivity contribution in [3.63, 3.8) is 0 Å². The summed E-state index contributed by atoms with van der Waals surface area (Å²) >= 11 is 1.23. The minimum atomic E-state index is -0.358. The lowest BCUT2D eigenvalue weighted by molar-refractivity contribution is 0.0532. The molecule has 0 amide bonds. The Hall–Kier alpha value is -1.14. The molecule has 96 valence electrons. The first kappa shape index (κ1) is 13.9. The fourth-order valence-corrected chi connectivity index (χ4v) is 1.99. The van der Waals surface area contributed by atoms with Crippen LogP contribution >= 0.6 is 11.3 Å². The number of thiazole rings is 1. The summed E-state index contributed by atoms with van der Waals surface area (Å²) in [5.41, 5.74) is 0. The average Bonchev–Trinajstić information content (AvgIpc) is 2.74. The molecule has 0 saturated heterocycles. The maximum Gasteiger partial charge on any atom is 0.350 e. The maximum atomic E-state index is 11.4. The van der Waals surface area contributed by atoms with Crippen LogP contribution in [0.2, 0.25) is 0 Å². The van der Waals surface area contributed by atoms with Gasteiger partial charge in [-0.15, -0.1) is 0 Å². The predicted molar refractivity (Wildman–Crippen MR) is 67.4 cm³/mol. The van der Waals surface area contributed by atoms with Gasteiger partial charge in [-0.05, 0) is 12.8 Å². The molecule has 1 unspecified atom stereocenters. The zero-order valence-corrected chi connectivity index (χ0v) is 11.1. The van der Waals surface area contributed by atoms with Crippen molar-refractivity contribution in [2.24, 2.45) is 5.92 Å². The van der Waals surface area contributed by atoms with Crippen molar-refractivity contribution in [2.45, 2.75) is 26.8 Å². The van der Waals surface area contributed by atoms with Gasteiger partial charge in [-0.2, -0.15) is 0 Å².